The Morgan fingerprint density at radius 2 is 1.71 bits per heavy atom. The summed E-state index contributed by atoms with van der Waals surface area (Å²) in [7, 11) is 0. The molecule has 0 aromatic carbocycles. The Kier molecular flexibility index (Phi) is 3.02. The fraction of sp³-hybridized carbons (Fsp3) is 1.00. The molecule has 0 amide bonds. The maximum atomic E-state index is 10.6. The van der Waals surface area contributed by atoms with Crippen molar-refractivity contribution in [1.29, 1.82) is 0 Å². The third-order valence-corrected chi connectivity index (χ3v) is 3.94. The van der Waals surface area contributed by atoms with Gasteiger partial charge in [-0.15, -0.1) is 0 Å². The summed E-state index contributed by atoms with van der Waals surface area (Å²) in [4.78, 5) is 0. The van der Waals surface area contributed by atoms with Gasteiger partial charge in [-0.1, -0.05) is 34.6 Å². The molecule has 84 valence electrons. The Morgan fingerprint density at radius 1 is 1.14 bits per heavy atom. The molecule has 1 fully saturated rings. The van der Waals surface area contributed by atoms with Gasteiger partial charge in [-0.2, -0.15) is 0 Å². The largest absolute Gasteiger partial charge is 0.389 e. The summed E-state index contributed by atoms with van der Waals surface area (Å²) in [6.07, 6.45) is 5.44. The zero-order valence-electron chi connectivity index (χ0n) is 10.5. The monoisotopic (exact) mass is 198 g/mol. The molecule has 1 saturated carbocycles. The van der Waals surface area contributed by atoms with Gasteiger partial charge in [-0.25, -0.2) is 0 Å². The van der Waals surface area contributed by atoms with Crippen molar-refractivity contribution < 1.29 is 5.11 Å². The van der Waals surface area contributed by atoms with Crippen LogP contribution in [-0.4, -0.2) is 10.7 Å². The SMILES string of the molecule is CC(C)(C)CCC1(O)CCCC1(C)C. The van der Waals surface area contributed by atoms with E-state index in [1.165, 1.54) is 12.8 Å². The highest BCUT2D eigenvalue weighted by molar-refractivity contribution is 4.98. The summed E-state index contributed by atoms with van der Waals surface area (Å²) in [5.74, 6) is 0. The van der Waals surface area contributed by atoms with Gasteiger partial charge in [0.1, 0.15) is 0 Å². The van der Waals surface area contributed by atoms with Crippen molar-refractivity contribution in [2.24, 2.45) is 10.8 Å². The van der Waals surface area contributed by atoms with Crippen LogP contribution in [0.15, 0.2) is 0 Å². The molecule has 1 unspecified atom stereocenters. The van der Waals surface area contributed by atoms with Crippen molar-refractivity contribution in [2.45, 2.75) is 72.3 Å². The van der Waals surface area contributed by atoms with Gasteiger partial charge >= 0.3 is 0 Å². The average Bonchev–Trinajstić information content (AvgIpc) is 2.23. The van der Waals surface area contributed by atoms with E-state index in [0.717, 1.165) is 19.3 Å². The van der Waals surface area contributed by atoms with E-state index in [1.54, 1.807) is 0 Å². The second kappa shape index (κ2) is 3.52. The molecular formula is C13H26O. The summed E-state index contributed by atoms with van der Waals surface area (Å²) in [5, 5.41) is 10.6. The normalized spacial score (nSPS) is 32.1. The molecule has 1 aliphatic carbocycles. The van der Waals surface area contributed by atoms with Gasteiger partial charge in [0.05, 0.1) is 5.60 Å². The van der Waals surface area contributed by atoms with Crippen molar-refractivity contribution in [3.05, 3.63) is 0 Å². The van der Waals surface area contributed by atoms with Crippen LogP contribution in [0.4, 0.5) is 0 Å². The first-order valence-electron chi connectivity index (χ1n) is 5.89. The molecule has 1 nitrogen and oxygen atoms in total. The van der Waals surface area contributed by atoms with Crippen molar-refractivity contribution >= 4 is 0 Å². The molecular weight excluding hydrogens is 172 g/mol. The van der Waals surface area contributed by atoms with Gasteiger partial charge in [0.15, 0.2) is 0 Å². The fourth-order valence-corrected chi connectivity index (χ4v) is 2.44. The average molecular weight is 198 g/mol. The minimum atomic E-state index is -0.402. The van der Waals surface area contributed by atoms with Gasteiger partial charge in [0.25, 0.3) is 0 Å². The molecule has 0 saturated heterocycles. The molecule has 0 spiro atoms. The predicted molar refractivity (Wildman–Crippen MR) is 61.3 cm³/mol. The van der Waals surface area contributed by atoms with Crippen LogP contribution < -0.4 is 0 Å². The van der Waals surface area contributed by atoms with Crippen molar-refractivity contribution in [1.82, 2.24) is 0 Å². The topological polar surface area (TPSA) is 20.2 Å². The Balaban J connectivity index is 2.58. The molecule has 1 atom stereocenters. The van der Waals surface area contributed by atoms with Crippen LogP contribution in [-0.2, 0) is 0 Å². The number of hydrogen-bond donors (Lipinski definition) is 1. The molecule has 1 heteroatoms. The molecule has 1 N–H and O–H groups in total. The number of hydrogen-bond acceptors (Lipinski definition) is 1. The minimum Gasteiger partial charge on any atom is -0.389 e. The first-order chi connectivity index (χ1) is 6.16. The van der Waals surface area contributed by atoms with E-state index >= 15 is 0 Å². The minimum absolute atomic E-state index is 0.123. The molecule has 14 heavy (non-hydrogen) atoms. The van der Waals surface area contributed by atoms with Gasteiger partial charge in [0.2, 0.25) is 0 Å². The first-order valence-corrected chi connectivity index (χ1v) is 5.89. The third-order valence-electron chi connectivity index (χ3n) is 3.94. The van der Waals surface area contributed by atoms with E-state index in [0.29, 0.717) is 5.41 Å². The van der Waals surface area contributed by atoms with Crippen molar-refractivity contribution in [3.63, 3.8) is 0 Å². The Morgan fingerprint density at radius 3 is 2.07 bits per heavy atom. The molecule has 0 aromatic rings. The lowest BCUT2D eigenvalue weighted by molar-refractivity contribution is -0.0561. The van der Waals surface area contributed by atoms with Crippen LogP contribution in [0.2, 0.25) is 0 Å². The van der Waals surface area contributed by atoms with E-state index in [4.69, 9.17) is 0 Å². The Labute approximate surface area is 88.9 Å². The maximum Gasteiger partial charge on any atom is 0.0698 e. The second-order valence-corrected chi connectivity index (χ2v) is 6.83. The molecule has 0 aliphatic heterocycles. The molecule has 0 bridgehead atoms. The van der Waals surface area contributed by atoms with Crippen molar-refractivity contribution in [3.8, 4) is 0 Å². The van der Waals surface area contributed by atoms with E-state index in [9.17, 15) is 5.11 Å². The zero-order valence-corrected chi connectivity index (χ0v) is 10.5. The smallest absolute Gasteiger partial charge is 0.0698 e. The van der Waals surface area contributed by atoms with Crippen molar-refractivity contribution in [2.75, 3.05) is 0 Å². The van der Waals surface area contributed by atoms with E-state index < -0.39 is 5.60 Å². The predicted octanol–water partition coefficient (Wildman–Crippen LogP) is 3.75. The summed E-state index contributed by atoms with van der Waals surface area (Å²) >= 11 is 0. The summed E-state index contributed by atoms with van der Waals surface area (Å²) in [6, 6.07) is 0. The van der Waals surface area contributed by atoms with Crippen LogP contribution in [0.3, 0.4) is 0 Å². The lowest BCUT2D eigenvalue weighted by Crippen LogP contribution is -2.40. The highest BCUT2D eigenvalue weighted by Crippen LogP contribution is 2.49. The summed E-state index contributed by atoms with van der Waals surface area (Å²) in [6.45, 7) is 11.2. The summed E-state index contributed by atoms with van der Waals surface area (Å²) < 4.78 is 0. The second-order valence-electron chi connectivity index (χ2n) is 6.83. The lowest BCUT2D eigenvalue weighted by atomic mass is 9.72. The Hall–Kier alpha value is -0.0400. The first kappa shape index (κ1) is 12.0. The van der Waals surface area contributed by atoms with E-state index in [2.05, 4.69) is 34.6 Å². The van der Waals surface area contributed by atoms with Crippen LogP contribution in [0, 0.1) is 10.8 Å². The number of rotatable bonds is 2. The summed E-state index contributed by atoms with van der Waals surface area (Å²) in [5.41, 5.74) is 0.0624. The van der Waals surface area contributed by atoms with Gasteiger partial charge in [0, 0.05) is 0 Å². The maximum absolute atomic E-state index is 10.6. The van der Waals surface area contributed by atoms with Gasteiger partial charge < -0.3 is 5.11 Å². The van der Waals surface area contributed by atoms with Gasteiger partial charge in [-0.3, -0.25) is 0 Å². The molecule has 0 heterocycles. The standard InChI is InChI=1S/C13H26O/c1-11(2,3)9-10-13(14)8-6-7-12(13,4)5/h14H,6-10H2,1-5H3. The molecule has 1 rings (SSSR count). The van der Waals surface area contributed by atoms with E-state index in [-0.39, 0.29) is 5.41 Å². The van der Waals surface area contributed by atoms with Crippen LogP contribution in [0.25, 0.3) is 0 Å². The zero-order chi connectivity index (χ0) is 11.0. The van der Waals surface area contributed by atoms with Gasteiger partial charge in [-0.05, 0) is 42.9 Å². The molecule has 1 aliphatic rings. The molecule has 0 radical (unpaired) electrons. The lowest BCUT2D eigenvalue weighted by Gasteiger charge is -2.38. The fourth-order valence-electron chi connectivity index (χ4n) is 2.44. The third kappa shape index (κ3) is 2.50. The van der Waals surface area contributed by atoms with E-state index in [1.807, 2.05) is 0 Å². The van der Waals surface area contributed by atoms with Crippen LogP contribution >= 0.6 is 0 Å². The highest BCUT2D eigenvalue weighted by atomic mass is 16.3. The highest BCUT2D eigenvalue weighted by Gasteiger charge is 2.47. The van der Waals surface area contributed by atoms with Crippen LogP contribution in [0.5, 0.6) is 0 Å². The number of aliphatic hydroxyl groups is 1. The quantitative estimate of drug-likeness (QED) is 0.716. The van der Waals surface area contributed by atoms with Crippen LogP contribution in [0.1, 0.15) is 66.7 Å². The Bertz CT molecular complexity index is 200. The molecule has 0 aromatic heterocycles.